The van der Waals surface area contributed by atoms with Crippen LogP contribution in [0.5, 0.6) is 0 Å². The minimum Gasteiger partial charge on any atom is -0.487 e. The molecular formula is C50H66N2O14. The molecule has 5 fully saturated rings. The van der Waals surface area contributed by atoms with Crippen LogP contribution in [-0.4, -0.2) is 144 Å². The number of carbonyl (C=O) groups excluding carboxylic acids is 3. The molecule has 0 radical (unpaired) electrons. The number of amides is 1. The first kappa shape index (κ1) is 48.1. The Hall–Kier alpha value is -4.39. The molecule has 3 aliphatic carbocycles. The summed E-state index contributed by atoms with van der Waals surface area (Å²) >= 11 is 0. The van der Waals surface area contributed by atoms with E-state index in [1.807, 2.05) is 20.8 Å². The third-order valence-corrected chi connectivity index (χ3v) is 14.9. The third-order valence-electron chi connectivity index (χ3n) is 14.9. The van der Waals surface area contributed by atoms with Crippen LogP contribution < -0.4 is 5.32 Å². The Bertz CT molecular complexity index is 2170. The summed E-state index contributed by atoms with van der Waals surface area (Å²) in [6.07, 6.45) is -10.3. The van der Waals surface area contributed by atoms with Crippen LogP contribution in [-0.2, 0) is 42.7 Å². The average Bonchev–Trinajstić information content (AvgIpc) is 3.67. The lowest BCUT2D eigenvalue weighted by atomic mass is 9.44. The number of rotatable bonds is 11. The molecule has 3 aliphatic heterocycles. The molecule has 0 aromatic heterocycles. The SMILES string of the molecule is C=C(C)O[C@@]12CO[C@@H]1C[C@H](O)[C@@]1(C)[C@@H]3OC(CN4CCOCC4)O[C@@H]3C3=C(C)[C@@H](OC(=O)[C@H](O)[C@@H](NC(=O)OC(C)(C)C)c4ccccc4)C[C@@](O)([C@@H](OC(=O)c4ccccc4)[C@H]21)C3(C)C. The van der Waals surface area contributed by atoms with E-state index in [1.54, 1.807) is 95.3 Å². The van der Waals surface area contributed by atoms with Gasteiger partial charge < -0.3 is 58.5 Å². The highest BCUT2D eigenvalue weighted by Gasteiger charge is 2.79. The number of fused-ring (bicyclic) bond motifs is 8. The molecule has 2 aromatic carbocycles. The van der Waals surface area contributed by atoms with Crippen molar-refractivity contribution in [3.63, 3.8) is 0 Å². The Balaban J connectivity index is 1.28. The summed E-state index contributed by atoms with van der Waals surface area (Å²) in [5.41, 5.74) is -5.29. The first-order chi connectivity index (χ1) is 31.1. The van der Waals surface area contributed by atoms with Crippen LogP contribution in [0.15, 0.2) is 84.1 Å². The van der Waals surface area contributed by atoms with Crippen molar-refractivity contribution in [1.29, 1.82) is 0 Å². The van der Waals surface area contributed by atoms with Crippen molar-refractivity contribution in [2.75, 3.05) is 39.5 Å². The highest BCUT2D eigenvalue weighted by atomic mass is 16.7. The van der Waals surface area contributed by atoms with Gasteiger partial charge in [-0.25, -0.2) is 14.4 Å². The van der Waals surface area contributed by atoms with Gasteiger partial charge in [0.05, 0.1) is 55.3 Å². The molecule has 4 N–H and O–H groups in total. The summed E-state index contributed by atoms with van der Waals surface area (Å²) in [4.78, 5) is 44.5. The Morgan fingerprint density at radius 2 is 1.64 bits per heavy atom. The maximum atomic E-state index is 14.6. The van der Waals surface area contributed by atoms with Gasteiger partial charge in [0.15, 0.2) is 18.0 Å². The van der Waals surface area contributed by atoms with E-state index in [1.165, 1.54) is 0 Å². The van der Waals surface area contributed by atoms with Crippen LogP contribution in [0.3, 0.4) is 0 Å². The number of hydrogen-bond acceptors (Lipinski definition) is 15. The van der Waals surface area contributed by atoms with Crippen molar-refractivity contribution in [1.82, 2.24) is 10.2 Å². The predicted octanol–water partition coefficient (Wildman–Crippen LogP) is 4.76. The molecule has 8 rings (SSSR count). The van der Waals surface area contributed by atoms with Crippen LogP contribution in [0, 0.1) is 16.7 Å². The Labute approximate surface area is 386 Å². The number of nitrogens with one attached hydrogen (secondary N) is 1. The van der Waals surface area contributed by atoms with Gasteiger partial charge in [0.1, 0.15) is 35.6 Å². The zero-order valence-electron chi connectivity index (χ0n) is 39.2. The van der Waals surface area contributed by atoms with E-state index < -0.39 is 107 Å². The first-order valence-corrected chi connectivity index (χ1v) is 23.0. The lowest BCUT2D eigenvalue weighted by Crippen LogP contribution is -2.82. The third kappa shape index (κ3) is 8.46. The number of hydrogen-bond donors (Lipinski definition) is 4. The van der Waals surface area contributed by atoms with Crippen LogP contribution in [0.1, 0.15) is 90.2 Å². The predicted molar refractivity (Wildman–Crippen MR) is 238 cm³/mol. The fourth-order valence-electron chi connectivity index (χ4n) is 11.6. The molecule has 2 saturated carbocycles. The summed E-state index contributed by atoms with van der Waals surface area (Å²) in [6, 6.07) is 15.6. The summed E-state index contributed by atoms with van der Waals surface area (Å²) in [5.74, 6) is -2.54. The molecular weight excluding hydrogens is 853 g/mol. The summed E-state index contributed by atoms with van der Waals surface area (Å²) < 4.78 is 51.3. The number of nitrogens with zero attached hydrogens (tertiary/aromatic N) is 1. The smallest absolute Gasteiger partial charge is 0.408 e. The quantitative estimate of drug-likeness (QED) is 0.104. The number of morpholine rings is 1. The van der Waals surface area contributed by atoms with E-state index in [0.29, 0.717) is 55.3 Å². The molecule has 16 nitrogen and oxygen atoms in total. The molecule has 2 bridgehead atoms. The van der Waals surface area contributed by atoms with Crippen LogP contribution >= 0.6 is 0 Å². The van der Waals surface area contributed by atoms with Gasteiger partial charge in [0.25, 0.3) is 0 Å². The van der Waals surface area contributed by atoms with Crippen molar-refractivity contribution < 1.29 is 67.6 Å². The summed E-state index contributed by atoms with van der Waals surface area (Å²) in [7, 11) is 0. The van der Waals surface area contributed by atoms with E-state index in [4.69, 9.17) is 37.9 Å². The molecule has 6 aliphatic rings. The molecule has 0 spiro atoms. The van der Waals surface area contributed by atoms with Crippen molar-refractivity contribution in [3.8, 4) is 0 Å². The fraction of sp³-hybridized carbons (Fsp3) is 0.620. The van der Waals surface area contributed by atoms with Gasteiger partial charge >= 0.3 is 18.0 Å². The maximum absolute atomic E-state index is 14.6. The standard InChI is InChI=1S/C50H66N2O14/c1-28(2)65-49-27-60-34(49)24-33(53)48(9)40(49)42(64-43(55)31-18-14-11-15-19-31)50(58)25-32(61-44(56)38(54)37(30-16-12-10-13-17-30)51-45(57)66-46(4,5)6)29(3)36(47(50,7)8)39-41(48)63-35(62-39)26-52-20-22-59-23-21-52/h10-19,32-35,37-42,53-54,58H,1,20-27H2,2-9H3,(H,51,57)/t32-,33-,34+,35?,37-,38+,39+,40-,41+,42-,48+,49-,50+/m0/s1. The molecule has 360 valence electrons. The minimum atomic E-state index is -2.11. The monoisotopic (exact) mass is 918 g/mol. The normalized spacial score (nSPS) is 35.8. The minimum absolute atomic E-state index is 0.0146. The second-order valence-corrected chi connectivity index (χ2v) is 20.6. The zero-order valence-corrected chi connectivity index (χ0v) is 39.2. The van der Waals surface area contributed by atoms with Gasteiger partial charge in [0.2, 0.25) is 0 Å². The van der Waals surface area contributed by atoms with E-state index in [0.717, 1.165) is 0 Å². The molecule has 3 saturated heterocycles. The van der Waals surface area contributed by atoms with Crippen molar-refractivity contribution in [3.05, 3.63) is 95.3 Å². The average molecular weight is 919 g/mol. The maximum Gasteiger partial charge on any atom is 0.408 e. The van der Waals surface area contributed by atoms with E-state index >= 15 is 0 Å². The van der Waals surface area contributed by atoms with Gasteiger partial charge in [-0.05, 0) is 63.5 Å². The zero-order chi connectivity index (χ0) is 47.6. The second kappa shape index (κ2) is 17.9. The number of aliphatic hydroxyl groups excluding tert-OH is 2. The number of benzene rings is 2. The second-order valence-electron chi connectivity index (χ2n) is 20.6. The number of ether oxygens (including phenoxy) is 8. The van der Waals surface area contributed by atoms with E-state index in [-0.39, 0.29) is 25.0 Å². The number of alkyl carbamates (subject to hydrolysis) is 1. The fourth-order valence-corrected chi connectivity index (χ4v) is 11.6. The molecule has 2 aromatic rings. The van der Waals surface area contributed by atoms with Crippen LogP contribution in [0.25, 0.3) is 0 Å². The van der Waals surface area contributed by atoms with Gasteiger partial charge in [-0.2, -0.15) is 0 Å². The Kier molecular flexibility index (Phi) is 13.1. The molecule has 66 heavy (non-hydrogen) atoms. The number of allylic oxidation sites excluding steroid dienone is 1. The van der Waals surface area contributed by atoms with Crippen molar-refractivity contribution >= 4 is 18.0 Å². The molecule has 1 amide bonds. The van der Waals surface area contributed by atoms with Crippen molar-refractivity contribution in [2.24, 2.45) is 16.7 Å². The van der Waals surface area contributed by atoms with Crippen molar-refractivity contribution in [2.45, 2.75) is 140 Å². The highest BCUT2D eigenvalue weighted by molar-refractivity contribution is 5.89. The lowest BCUT2D eigenvalue weighted by Gasteiger charge is -2.69. The van der Waals surface area contributed by atoms with Gasteiger partial charge in [-0.1, -0.05) is 75.9 Å². The van der Waals surface area contributed by atoms with Crippen LogP contribution in [0.4, 0.5) is 4.79 Å². The number of esters is 2. The van der Waals surface area contributed by atoms with Gasteiger partial charge in [-0.15, -0.1) is 0 Å². The summed E-state index contributed by atoms with van der Waals surface area (Å²) in [5, 5.41) is 41.2. The molecule has 1 unspecified atom stereocenters. The van der Waals surface area contributed by atoms with E-state index in [2.05, 4.69) is 16.8 Å². The highest BCUT2D eigenvalue weighted by Crippen LogP contribution is 2.67. The largest absolute Gasteiger partial charge is 0.487 e. The topological polar surface area (TPSA) is 201 Å². The Morgan fingerprint density at radius 3 is 2.24 bits per heavy atom. The number of aliphatic hydroxyl groups is 3. The molecule has 13 atom stereocenters. The lowest BCUT2D eigenvalue weighted by molar-refractivity contribution is -0.364. The van der Waals surface area contributed by atoms with Gasteiger partial charge in [0, 0.05) is 43.3 Å². The molecule has 16 heteroatoms. The summed E-state index contributed by atoms with van der Waals surface area (Å²) in [6.45, 7) is 21.0. The van der Waals surface area contributed by atoms with Crippen LogP contribution in [0.2, 0.25) is 0 Å². The first-order valence-electron chi connectivity index (χ1n) is 23.0. The molecule has 3 heterocycles. The number of carbonyl (C=O) groups is 3. The van der Waals surface area contributed by atoms with E-state index in [9.17, 15) is 29.7 Å². The Morgan fingerprint density at radius 1 is 0.985 bits per heavy atom. The van der Waals surface area contributed by atoms with Gasteiger partial charge in [-0.3, -0.25) is 4.90 Å².